The van der Waals surface area contributed by atoms with Crippen LogP contribution in [-0.4, -0.2) is 24.7 Å². The Balaban J connectivity index is 0.000000845. The standard InChI is InChI=1S/C9H15NO2.ClH/c1-2-12-9(11)8-6-3-4-7(5-6)10-8;/h6-8,10H,2-5H2,1H3;1H/t6-,7+,8-;/m1./s1. The summed E-state index contributed by atoms with van der Waals surface area (Å²) in [5, 5.41) is 3.30. The Kier molecular flexibility index (Phi) is 3.56. The third-order valence-corrected chi connectivity index (χ3v) is 2.90. The number of carbonyl (C=O) groups excluding carboxylic acids is 1. The summed E-state index contributed by atoms with van der Waals surface area (Å²) in [5.74, 6) is 0.499. The van der Waals surface area contributed by atoms with Crippen LogP contribution < -0.4 is 5.32 Å². The van der Waals surface area contributed by atoms with Crippen molar-refractivity contribution in [2.45, 2.75) is 38.3 Å². The van der Waals surface area contributed by atoms with Crippen molar-refractivity contribution >= 4 is 18.4 Å². The van der Waals surface area contributed by atoms with E-state index in [2.05, 4.69) is 5.32 Å². The van der Waals surface area contributed by atoms with E-state index in [1.54, 1.807) is 0 Å². The summed E-state index contributed by atoms with van der Waals surface area (Å²) < 4.78 is 4.98. The minimum atomic E-state index is -0.0512. The van der Waals surface area contributed by atoms with Crippen LogP contribution in [0.3, 0.4) is 0 Å². The zero-order chi connectivity index (χ0) is 8.55. The molecule has 1 saturated heterocycles. The fourth-order valence-electron chi connectivity index (χ4n) is 2.35. The van der Waals surface area contributed by atoms with Crippen LogP contribution in [0.2, 0.25) is 0 Å². The number of rotatable bonds is 2. The van der Waals surface area contributed by atoms with Crippen LogP contribution in [0.1, 0.15) is 26.2 Å². The Labute approximate surface area is 84.6 Å². The number of hydrogen-bond acceptors (Lipinski definition) is 3. The van der Waals surface area contributed by atoms with Crippen molar-refractivity contribution in [3.63, 3.8) is 0 Å². The highest BCUT2D eigenvalue weighted by molar-refractivity contribution is 5.85. The first-order chi connectivity index (χ1) is 5.81. The predicted octanol–water partition coefficient (Wildman–Crippen LogP) is 1.11. The van der Waals surface area contributed by atoms with E-state index in [9.17, 15) is 4.79 Å². The van der Waals surface area contributed by atoms with Gasteiger partial charge in [-0.1, -0.05) is 0 Å². The van der Waals surface area contributed by atoms with Gasteiger partial charge in [0.1, 0.15) is 6.04 Å². The summed E-state index contributed by atoms with van der Waals surface area (Å²) in [6, 6.07) is 0.591. The Morgan fingerprint density at radius 1 is 1.54 bits per heavy atom. The molecule has 0 aromatic heterocycles. The van der Waals surface area contributed by atoms with Gasteiger partial charge in [-0.25, -0.2) is 0 Å². The second-order valence-corrected chi connectivity index (χ2v) is 3.67. The maximum absolute atomic E-state index is 11.4. The van der Waals surface area contributed by atoms with Gasteiger partial charge in [0.15, 0.2) is 0 Å². The molecule has 1 heterocycles. The normalized spacial score (nSPS) is 35.6. The van der Waals surface area contributed by atoms with Gasteiger partial charge in [-0.15, -0.1) is 12.4 Å². The molecule has 1 saturated carbocycles. The Morgan fingerprint density at radius 2 is 2.31 bits per heavy atom. The molecule has 0 unspecified atom stereocenters. The van der Waals surface area contributed by atoms with Crippen molar-refractivity contribution in [2.75, 3.05) is 6.61 Å². The minimum Gasteiger partial charge on any atom is -0.465 e. The van der Waals surface area contributed by atoms with Crippen LogP contribution in [0.4, 0.5) is 0 Å². The molecular weight excluding hydrogens is 190 g/mol. The molecule has 4 heteroatoms. The first-order valence-electron chi connectivity index (χ1n) is 4.74. The molecule has 3 nitrogen and oxygen atoms in total. The molecule has 0 aromatic carbocycles. The molecule has 0 spiro atoms. The van der Waals surface area contributed by atoms with E-state index in [4.69, 9.17) is 4.74 Å². The Bertz CT molecular complexity index is 198. The van der Waals surface area contributed by atoms with Crippen molar-refractivity contribution in [1.29, 1.82) is 0 Å². The number of esters is 1. The average molecular weight is 206 g/mol. The van der Waals surface area contributed by atoms with Crippen molar-refractivity contribution in [3.05, 3.63) is 0 Å². The van der Waals surface area contributed by atoms with Gasteiger partial charge in [0.2, 0.25) is 0 Å². The number of halogens is 1. The van der Waals surface area contributed by atoms with Gasteiger partial charge in [0.05, 0.1) is 6.61 Å². The second kappa shape index (κ2) is 4.29. The summed E-state index contributed by atoms with van der Waals surface area (Å²) in [6.45, 7) is 2.35. The fourth-order valence-corrected chi connectivity index (χ4v) is 2.35. The largest absolute Gasteiger partial charge is 0.465 e. The fraction of sp³-hybridized carbons (Fsp3) is 0.889. The van der Waals surface area contributed by atoms with Crippen LogP contribution in [0.15, 0.2) is 0 Å². The maximum atomic E-state index is 11.4. The van der Waals surface area contributed by atoms with Gasteiger partial charge in [0.25, 0.3) is 0 Å². The number of hydrogen-bond donors (Lipinski definition) is 1. The highest BCUT2D eigenvalue weighted by Gasteiger charge is 2.43. The number of fused-ring (bicyclic) bond motifs is 2. The molecule has 0 aromatic rings. The highest BCUT2D eigenvalue weighted by Crippen LogP contribution is 2.35. The Hall–Kier alpha value is -0.280. The van der Waals surface area contributed by atoms with Crippen LogP contribution in [0.5, 0.6) is 0 Å². The van der Waals surface area contributed by atoms with Gasteiger partial charge in [-0.2, -0.15) is 0 Å². The average Bonchev–Trinajstić information content (AvgIpc) is 2.64. The molecular formula is C9H16ClNO2. The lowest BCUT2D eigenvalue weighted by Crippen LogP contribution is -2.42. The lowest BCUT2D eigenvalue weighted by Gasteiger charge is -2.20. The molecule has 1 aliphatic heterocycles. The molecule has 3 atom stereocenters. The summed E-state index contributed by atoms with van der Waals surface area (Å²) >= 11 is 0. The number of nitrogens with one attached hydrogen (secondary N) is 1. The maximum Gasteiger partial charge on any atom is 0.323 e. The molecule has 2 aliphatic rings. The lowest BCUT2D eigenvalue weighted by atomic mass is 10.0. The van der Waals surface area contributed by atoms with Gasteiger partial charge < -0.3 is 10.1 Å². The first kappa shape index (κ1) is 10.8. The second-order valence-electron chi connectivity index (χ2n) is 3.67. The first-order valence-corrected chi connectivity index (χ1v) is 4.74. The summed E-state index contributed by atoms with van der Waals surface area (Å²) in [7, 11) is 0. The Morgan fingerprint density at radius 3 is 2.77 bits per heavy atom. The lowest BCUT2D eigenvalue weighted by molar-refractivity contribution is -0.146. The van der Waals surface area contributed by atoms with E-state index in [1.165, 1.54) is 19.3 Å². The minimum absolute atomic E-state index is 0. The van der Waals surface area contributed by atoms with Crippen molar-refractivity contribution in [1.82, 2.24) is 5.32 Å². The summed E-state index contributed by atoms with van der Waals surface area (Å²) in [5.41, 5.74) is 0. The molecule has 1 aliphatic carbocycles. The number of ether oxygens (including phenoxy) is 1. The van der Waals surface area contributed by atoms with Crippen molar-refractivity contribution < 1.29 is 9.53 Å². The number of carbonyl (C=O) groups is 1. The van der Waals surface area contributed by atoms with Crippen LogP contribution >= 0.6 is 12.4 Å². The molecule has 0 amide bonds. The van der Waals surface area contributed by atoms with Gasteiger partial charge in [-0.3, -0.25) is 4.79 Å². The summed E-state index contributed by atoms with van der Waals surface area (Å²) in [4.78, 5) is 11.4. The smallest absolute Gasteiger partial charge is 0.323 e. The molecule has 2 bridgehead atoms. The van der Waals surface area contributed by atoms with Gasteiger partial charge in [0, 0.05) is 6.04 Å². The molecule has 0 radical (unpaired) electrons. The van der Waals surface area contributed by atoms with Crippen molar-refractivity contribution in [3.8, 4) is 0 Å². The molecule has 76 valence electrons. The summed E-state index contributed by atoms with van der Waals surface area (Å²) in [6.07, 6.45) is 3.60. The molecule has 13 heavy (non-hydrogen) atoms. The van der Waals surface area contributed by atoms with Crippen molar-refractivity contribution in [2.24, 2.45) is 5.92 Å². The van der Waals surface area contributed by atoms with E-state index in [0.717, 1.165) is 0 Å². The quantitative estimate of drug-likeness (QED) is 0.687. The number of piperidine rings is 1. The van der Waals surface area contributed by atoms with E-state index in [0.29, 0.717) is 18.6 Å². The van der Waals surface area contributed by atoms with Gasteiger partial charge >= 0.3 is 5.97 Å². The molecule has 2 rings (SSSR count). The van der Waals surface area contributed by atoms with E-state index >= 15 is 0 Å². The highest BCUT2D eigenvalue weighted by atomic mass is 35.5. The van der Waals surface area contributed by atoms with Crippen LogP contribution in [-0.2, 0) is 9.53 Å². The molecule has 2 fully saturated rings. The third-order valence-electron chi connectivity index (χ3n) is 2.90. The van der Waals surface area contributed by atoms with Gasteiger partial charge in [-0.05, 0) is 32.1 Å². The predicted molar refractivity (Wildman–Crippen MR) is 51.9 cm³/mol. The SMILES string of the molecule is CCOC(=O)[C@@H]1N[C@H]2CC[C@@H]1C2.Cl. The van der Waals surface area contributed by atoms with E-state index < -0.39 is 0 Å². The monoisotopic (exact) mass is 205 g/mol. The zero-order valence-electron chi connectivity index (χ0n) is 7.79. The van der Waals surface area contributed by atoms with E-state index in [1.807, 2.05) is 6.92 Å². The van der Waals surface area contributed by atoms with Crippen LogP contribution in [0.25, 0.3) is 0 Å². The topological polar surface area (TPSA) is 38.3 Å². The van der Waals surface area contributed by atoms with E-state index in [-0.39, 0.29) is 24.4 Å². The van der Waals surface area contributed by atoms with Crippen LogP contribution in [0, 0.1) is 5.92 Å². The third kappa shape index (κ3) is 1.97. The zero-order valence-corrected chi connectivity index (χ0v) is 8.60. The molecule has 1 N–H and O–H groups in total.